The number of ether oxygens (including phenoxy) is 1. The van der Waals surface area contributed by atoms with Gasteiger partial charge in [-0.05, 0) is 24.3 Å². The van der Waals surface area contributed by atoms with Crippen LogP contribution in [0.4, 0.5) is 11.4 Å². The van der Waals surface area contributed by atoms with E-state index in [1.807, 2.05) is 54.4 Å². The Kier molecular flexibility index (Phi) is 3.63. The minimum absolute atomic E-state index is 0.669. The van der Waals surface area contributed by atoms with Crippen molar-refractivity contribution in [3.05, 3.63) is 54.1 Å². The van der Waals surface area contributed by atoms with Gasteiger partial charge in [-0.3, -0.25) is 4.79 Å². The molecule has 3 nitrogen and oxygen atoms in total. The first-order chi connectivity index (χ1) is 8.76. The number of carbonyl (C=O) groups is 1. The Morgan fingerprint density at radius 3 is 2.61 bits per heavy atom. The van der Waals surface area contributed by atoms with Crippen molar-refractivity contribution in [2.75, 3.05) is 19.1 Å². The fourth-order valence-electron chi connectivity index (χ4n) is 1.85. The Morgan fingerprint density at radius 1 is 1.11 bits per heavy atom. The monoisotopic (exact) mass is 241 g/mol. The number of hydrogen-bond acceptors (Lipinski definition) is 3. The summed E-state index contributed by atoms with van der Waals surface area (Å²) in [5.74, 6) is 0.794. The molecule has 0 radical (unpaired) electrons. The van der Waals surface area contributed by atoms with E-state index in [1.54, 1.807) is 13.2 Å². The number of carbonyl (C=O) groups excluding carboxylic acids is 1. The van der Waals surface area contributed by atoms with E-state index < -0.39 is 0 Å². The van der Waals surface area contributed by atoms with Crippen LogP contribution in [0.25, 0.3) is 0 Å². The number of methoxy groups -OCH3 is 1. The van der Waals surface area contributed by atoms with Gasteiger partial charge in [0.2, 0.25) is 0 Å². The van der Waals surface area contributed by atoms with Crippen LogP contribution in [0.1, 0.15) is 10.4 Å². The maximum atomic E-state index is 11.0. The lowest BCUT2D eigenvalue weighted by Crippen LogP contribution is -2.11. The molecule has 0 aromatic heterocycles. The van der Waals surface area contributed by atoms with Gasteiger partial charge in [-0.15, -0.1) is 0 Å². The van der Waals surface area contributed by atoms with Crippen molar-refractivity contribution < 1.29 is 9.53 Å². The average Bonchev–Trinajstić information content (AvgIpc) is 2.46. The predicted molar refractivity (Wildman–Crippen MR) is 72.9 cm³/mol. The molecule has 0 saturated carbocycles. The number of benzene rings is 2. The zero-order valence-corrected chi connectivity index (χ0v) is 10.5. The van der Waals surface area contributed by atoms with Crippen LogP contribution in [0, 0.1) is 0 Å². The fraction of sp³-hybridized carbons (Fsp3) is 0.133. The molecule has 0 N–H and O–H groups in total. The summed E-state index contributed by atoms with van der Waals surface area (Å²) >= 11 is 0. The van der Waals surface area contributed by atoms with Gasteiger partial charge in [0.05, 0.1) is 12.8 Å². The molecule has 0 bridgehead atoms. The maximum absolute atomic E-state index is 11.0. The molecule has 0 aliphatic carbocycles. The van der Waals surface area contributed by atoms with E-state index in [2.05, 4.69) is 0 Å². The first-order valence-electron chi connectivity index (χ1n) is 5.68. The van der Waals surface area contributed by atoms with E-state index in [9.17, 15) is 4.79 Å². The molecule has 0 spiro atoms. The topological polar surface area (TPSA) is 29.5 Å². The molecule has 0 aliphatic heterocycles. The number of aldehydes is 1. The molecule has 0 saturated heterocycles. The van der Waals surface area contributed by atoms with Gasteiger partial charge in [-0.25, -0.2) is 0 Å². The number of anilines is 2. The maximum Gasteiger partial charge on any atom is 0.152 e. The number of hydrogen-bond donors (Lipinski definition) is 0. The largest absolute Gasteiger partial charge is 0.497 e. The highest BCUT2D eigenvalue weighted by molar-refractivity contribution is 5.86. The Labute approximate surface area is 107 Å². The van der Waals surface area contributed by atoms with Gasteiger partial charge in [0.15, 0.2) is 6.29 Å². The molecular formula is C15H15NO2. The lowest BCUT2D eigenvalue weighted by Gasteiger charge is -2.21. The SMILES string of the molecule is COc1cccc(N(C)c2ccccc2C=O)c1. The van der Waals surface area contributed by atoms with Gasteiger partial charge < -0.3 is 9.64 Å². The van der Waals surface area contributed by atoms with Crippen LogP contribution in [0.2, 0.25) is 0 Å². The van der Waals surface area contributed by atoms with E-state index in [0.717, 1.165) is 23.4 Å². The highest BCUT2D eigenvalue weighted by Crippen LogP contribution is 2.28. The molecule has 18 heavy (non-hydrogen) atoms. The van der Waals surface area contributed by atoms with Crippen LogP contribution < -0.4 is 9.64 Å². The molecule has 0 fully saturated rings. The number of para-hydroxylation sites is 1. The lowest BCUT2D eigenvalue weighted by molar-refractivity contribution is 0.112. The van der Waals surface area contributed by atoms with E-state index in [1.165, 1.54) is 0 Å². The van der Waals surface area contributed by atoms with Crippen molar-refractivity contribution in [1.82, 2.24) is 0 Å². The first kappa shape index (κ1) is 12.2. The van der Waals surface area contributed by atoms with Crippen LogP contribution in [0.15, 0.2) is 48.5 Å². The summed E-state index contributed by atoms with van der Waals surface area (Å²) in [5, 5.41) is 0. The van der Waals surface area contributed by atoms with E-state index >= 15 is 0 Å². The van der Waals surface area contributed by atoms with Crippen molar-refractivity contribution >= 4 is 17.7 Å². The van der Waals surface area contributed by atoms with Gasteiger partial charge in [0, 0.05) is 24.4 Å². The van der Waals surface area contributed by atoms with Crippen molar-refractivity contribution in [3.63, 3.8) is 0 Å². The zero-order chi connectivity index (χ0) is 13.0. The van der Waals surface area contributed by atoms with E-state index in [4.69, 9.17) is 4.74 Å². The highest BCUT2D eigenvalue weighted by Gasteiger charge is 2.08. The van der Waals surface area contributed by atoms with Crippen molar-refractivity contribution in [3.8, 4) is 5.75 Å². The second kappa shape index (κ2) is 5.36. The smallest absolute Gasteiger partial charge is 0.152 e. The van der Waals surface area contributed by atoms with Crippen LogP contribution in [0.5, 0.6) is 5.75 Å². The molecular weight excluding hydrogens is 226 g/mol. The minimum Gasteiger partial charge on any atom is -0.497 e. The summed E-state index contributed by atoms with van der Waals surface area (Å²) in [7, 11) is 3.57. The molecule has 92 valence electrons. The lowest BCUT2D eigenvalue weighted by atomic mass is 10.1. The van der Waals surface area contributed by atoms with Gasteiger partial charge >= 0.3 is 0 Å². The standard InChI is InChI=1S/C15H15NO2/c1-16(13-7-5-8-14(10-13)18-2)15-9-4-3-6-12(15)11-17/h3-11H,1-2H3. The van der Waals surface area contributed by atoms with Crippen LogP contribution in [-0.2, 0) is 0 Å². The molecule has 2 rings (SSSR count). The Balaban J connectivity index is 2.40. The minimum atomic E-state index is 0.669. The average molecular weight is 241 g/mol. The summed E-state index contributed by atoms with van der Waals surface area (Å²) < 4.78 is 5.20. The molecule has 3 heteroatoms. The Bertz CT molecular complexity index is 552. The Hall–Kier alpha value is -2.29. The van der Waals surface area contributed by atoms with Gasteiger partial charge in [0.1, 0.15) is 5.75 Å². The third-order valence-corrected chi connectivity index (χ3v) is 2.87. The normalized spacial score (nSPS) is 9.89. The van der Waals surface area contributed by atoms with Crippen LogP contribution in [-0.4, -0.2) is 20.4 Å². The second-order valence-electron chi connectivity index (χ2n) is 3.94. The van der Waals surface area contributed by atoms with Crippen molar-refractivity contribution in [1.29, 1.82) is 0 Å². The highest BCUT2D eigenvalue weighted by atomic mass is 16.5. The van der Waals surface area contributed by atoms with Crippen LogP contribution in [0.3, 0.4) is 0 Å². The fourth-order valence-corrected chi connectivity index (χ4v) is 1.85. The zero-order valence-electron chi connectivity index (χ0n) is 10.5. The predicted octanol–water partition coefficient (Wildman–Crippen LogP) is 3.28. The molecule has 0 amide bonds. The van der Waals surface area contributed by atoms with Gasteiger partial charge in [-0.1, -0.05) is 18.2 Å². The van der Waals surface area contributed by atoms with Gasteiger partial charge in [0.25, 0.3) is 0 Å². The number of nitrogens with zero attached hydrogens (tertiary/aromatic N) is 1. The quantitative estimate of drug-likeness (QED) is 0.769. The van der Waals surface area contributed by atoms with E-state index in [0.29, 0.717) is 5.56 Å². The first-order valence-corrected chi connectivity index (χ1v) is 5.68. The molecule has 0 unspecified atom stereocenters. The Morgan fingerprint density at radius 2 is 1.89 bits per heavy atom. The van der Waals surface area contributed by atoms with Crippen molar-refractivity contribution in [2.24, 2.45) is 0 Å². The summed E-state index contributed by atoms with van der Waals surface area (Å²) in [6, 6.07) is 15.2. The molecule has 0 aliphatic rings. The van der Waals surface area contributed by atoms with Crippen molar-refractivity contribution in [2.45, 2.75) is 0 Å². The summed E-state index contributed by atoms with van der Waals surface area (Å²) in [5.41, 5.74) is 2.52. The second-order valence-corrected chi connectivity index (χ2v) is 3.94. The molecule has 0 heterocycles. The van der Waals surface area contributed by atoms with E-state index in [-0.39, 0.29) is 0 Å². The number of rotatable bonds is 4. The summed E-state index contributed by atoms with van der Waals surface area (Å²) in [6.07, 6.45) is 0.867. The third-order valence-electron chi connectivity index (χ3n) is 2.87. The molecule has 2 aromatic rings. The van der Waals surface area contributed by atoms with Gasteiger partial charge in [-0.2, -0.15) is 0 Å². The summed E-state index contributed by atoms with van der Waals surface area (Å²) in [4.78, 5) is 13.0. The molecule has 0 atom stereocenters. The third kappa shape index (κ3) is 2.35. The summed E-state index contributed by atoms with van der Waals surface area (Å²) in [6.45, 7) is 0. The molecule has 2 aromatic carbocycles. The van der Waals surface area contributed by atoms with Crippen LogP contribution >= 0.6 is 0 Å².